The van der Waals surface area contributed by atoms with Gasteiger partial charge in [0.2, 0.25) is 0 Å². The van der Waals surface area contributed by atoms with Crippen molar-refractivity contribution in [3.63, 3.8) is 0 Å². The molecule has 0 saturated heterocycles. The van der Waals surface area contributed by atoms with Gasteiger partial charge in [0.25, 0.3) is 0 Å². The maximum absolute atomic E-state index is 3.70. The van der Waals surface area contributed by atoms with Crippen LogP contribution in [0.5, 0.6) is 0 Å². The number of rotatable bonds is 8. The Hall–Kier alpha value is -0.860. The molecule has 0 amide bonds. The second kappa shape index (κ2) is 7.42. The van der Waals surface area contributed by atoms with Crippen molar-refractivity contribution in [3.8, 4) is 0 Å². The van der Waals surface area contributed by atoms with Crippen LogP contribution in [0.1, 0.15) is 56.3 Å². The fourth-order valence-corrected chi connectivity index (χ4v) is 3.26. The molecule has 118 valence electrons. The smallest absolute Gasteiger partial charge is 0.0449 e. The van der Waals surface area contributed by atoms with Gasteiger partial charge in [0.15, 0.2) is 0 Å². The van der Waals surface area contributed by atoms with Crippen molar-refractivity contribution in [2.45, 2.75) is 59.5 Å². The van der Waals surface area contributed by atoms with Gasteiger partial charge in [-0.05, 0) is 44.7 Å². The molecule has 0 bridgehead atoms. The highest BCUT2D eigenvalue weighted by Gasteiger charge is 2.31. The van der Waals surface area contributed by atoms with E-state index >= 15 is 0 Å². The lowest BCUT2D eigenvalue weighted by atomic mass is 10.0. The topological polar surface area (TPSA) is 15.3 Å². The Morgan fingerprint density at radius 3 is 2.19 bits per heavy atom. The molecule has 1 aliphatic rings. The Bertz CT molecular complexity index is 429. The summed E-state index contributed by atoms with van der Waals surface area (Å²) in [6.07, 6.45) is 2.77. The van der Waals surface area contributed by atoms with Crippen LogP contribution in [0.25, 0.3) is 0 Å². The van der Waals surface area contributed by atoms with Gasteiger partial charge in [-0.2, -0.15) is 0 Å². The number of likely N-dealkylation sites (N-methyl/N-ethyl adjacent to an activating group) is 1. The zero-order valence-corrected chi connectivity index (χ0v) is 14.4. The average Bonchev–Trinajstić information content (AvgIpc) is 3.19. The third-order valence-corrected chi connectivity index (χ3v) is 4.18. The van der Waals surface area contributed by atoms with Crippen LogP contribution in [-0.2, 0) is 0 Å². The number of nitrogens with one attached hydrogen (secondary N) is 1. The minimum atomic E-state index is 0.452. The number of aryl methyl sites for hydroxylation is 2. The lowest BCUT2D eigenvalue weighted by Crippen LogP contribution is -2.38. The van der Waals surface area contributed by atoms with Gasteiger partial charge in [0.1, 0.15) is 0 Å². The van der Waals surface area contributed by atoms with Crippen LogP contribution >= 0.6 is 0 Å². The van der Waals surface area contributed by atoms with Gasteiger partial charge in [-0.15, -0.1) is 0 Å². The molecular formula is C19H32N2. The molecule has 1 aliphatic carbocycles. The monoisotopic (exact) mass is 288 g/mol. The maximum Gasteiger partial charge on any atom is 0.0449 e. The van der Waals surface area contributed by atoms with Gasteiger partial charge < -0.3 is 5.32 Å². The largest absolute Gasteiger partial charge is 0.309 e. The lowest BCUT2D eigenvalue weighted by molar-refractivity contribution is 0.210. The van der Waals surface area contributed by atoms with Crippen molar-refractivity contribution < 1.29 is 0 Å². The molecule has 0 aliphatic heterocycles. The first-order valence-electron chi connectivity index (χ1n) is 8.55. The van der Waals surface area contributed by atoms with Crippen molar-refractivity contribution in [1.82, 2.24) is 10.2 Å². The Kier molecular flexibility index (Phi) is 5.83. The molecule has 1 unspecified atom stereocenters. The van der Waals surface area contributed by atoms with Crippen molar-refractivity contribution in [3.05, 3.63) is 34.9 Å². The normalized spacial score (nSPS) is 16.7. The highest BCUT2D eigenvalue weighted by Crippen LogP contribution is 2.30. The first kappa shape index (κ1) is 16.5. The minimum Gasteiger partial charge on any atom is -0.309 e. The molecule has 1 saturated carbocycles. The van der Waals surface area contributed by atoms with Gasteiger partial charge in [-0.3, -0.25) is 4.90 Å². The molecule has 0 aromatic heterocycles. The summed E-state index contributed by atoms with van der Waals surface area (Å²) in [7, 11) is 0. The Balaban J connectivity index is 2.13. The van der Waals surface area contributed by atoms with Crippen LogP contribution in [0.2, 0.25) is 0 Å². The van der Waals surface area contributed by atoms with Crippen LogP contribution in [0.3, 0.4) is 0 Å². The number of hydrogen-bond donors (Lipinski definition) is 1. The van der Waals surface area contributed by atoms with E-state index in [9.17, 15) is 0 Å². The van der Waals surface area contributed by atoms with E-state index in [2.05, 4.69) is 63.0 Å². The summed E-state index contributed by atoms with van der Waals surface area (Å²) >= 11 is 0. The number of nitrogens with zero attached hydrogens (tertiary/aromatic N) is 1. The summed E-state index contributed by atoms with van der Waals surface area (Å²) in [4.78, 5) is 2.70. The van der Waals surface area contributed by atoms with Crippen LogP contribution in [0.4, 0.5) is 0 Å². The van der Waals surface area contributed by atoms with Gasteiger partial charge in [-0.25, -0.2) is 0 Å². The molecule has 2 heteroatoms. The molecule has 21 heavy (non-hydrogen) atoms. The average molecular weight is 288 g/mol. The van der Waals surface area contributed by atoms with Crippen LogP contribution < -0.4 is 5.32 Å². The first-order chi connectivity index (χ1) is 9.99. The molecule has 0 spiro atoms. The van der Waals surface area contributed by atoms with Crippen molar-refractivity contribution in [2.24, 2.45) is 5.92 Å². The third-order valence-electron chi connectivity index (χ3n) is 4.18. The molecule has 2 rings (SSSR count). The van der Waals surface area contributed by atoms with E-state index in [4.69, 9.17) is 0 Å². The summed E-state index contributed by atoms with van der Waals surface area (Å²) in [6.45, 7) is 14.6. The molecule has 1 N–H and O–H groups in total. The molecule has 1 aromatic carbocycles. The molecule has 0 heterocycles. The van der Waals surface area contributed by atoms with E-state index in [0.29, 0.717) is 6.04 Å². The second-order valence-electron chi connectivity index (χ2n) is 7.11. The van der Waals surface area contributed by atoms with E-state index in [1.54, 1.807) is 0 Å². The molecule has 0 radical (unpaired) electrons. The third kappa shape index (κ3) is 5.12. The van der Waals surface area contributed by atoms with Gasteiger partial charge >= 0.3 is 0 Å². The highest BCUT2D eigenvalue weighted by atomic mass is 15.2. The highest BCUT2D eigenvalue weighted by molar-refractivity contribution is 5.31. The molecular weight excluding hydrogens is 256 g/mol. The van der Waals surface area contributed by atoms with E-state index in [0.717, 1.165) is 25.0 Å². The van der Waals surface area contributed by atoms with E-state index in [1.165, 1.54) is 36.1 Å². The van der Waals surface area contributed by atoms with Crippen LogP contribution in [0, 0.1) is 19.8 Å². The van der Waals surface area contributed by atoms with E-state index < -0.39 is 0 Å². The molecule has 1 aromatic rings. The SMILES string of the molecule is CCNC(CN(CC(C)C)C1CC1)c1cc(C)cc(C)c1. The Morgan fingerprint density at radius 2 is 1.71 bits per heavy atom. The summed E-state index contributed by atoms with van der Waals surface area (Å²) in [5, 5.41) is 3.70. The predicted molar refractivity (Wildman–Crippen MR) is 91.8 cm³/mol. The van der Waals surface area contributed by atoms with Crippen molar-refractivity contribution in [1.29, 1.82) is 0 Å². The predicted octanol–water partition coefficient (Wildman–Crippen LogP) is 4.07. The Morgan fingerprint density at radius 1 is 1.10 bits per heavy atom. The summed E-state index contributed by atoms with van der Waals surface area (Å²) in [5.74, 6) is 0.743. The van der Waals surface area contributed by atoms with E-state index in [-0.39, 0.29) is 0 Å². The lowest BCUT2D eigenvalue weighted by Gasteiger charge is -2.30. The number of benzene rings is 1. The van der Waals surface area contributed by atoms with Crippen LogP contribution in [0.15, 0.2) is 18.2 Å². The molecule has 1 atom stereocenters. The van der Waals surface area contributed by atoms with Crippen LogP contribution in [-0.4, -0.2) is 30.6 Å². The van der Waals surface area contributed by atoms with Gasteiger partial charge in [0, 0.05) is 25.2 Å². The fourth-order valence-electron chi connectivity index (χ4n) is 3.26. The number of hydrogen-bond acceptors (Lipinski definition) is 2. The second-order valence-corrected chi connectivity index (χ2v) is 7.11. The minimum absolute atomic E-state index is 0.452. The fraction of sp³-hybridized carbons (Fsp3) is 0.684. The zero-order valence-electron chi connectivity index (χ0n) is 14.4. The maximum atomic E-state index is 3.70. The Labute approximate surface area is 130 Å². The summed E-state index contributed by atoms with van der Waals surface area (Å²) < 4.78 is 0. The summed E-state index contributed by atoms with van der Waals surface area (Å²) in [6, 6.07) is 8.24. The van der Waals surface area contributed by atoms with Crippen molar-refractivity contribution in [2.75, 3.05) is 19.6 Å². The first-order valence-corrected chi connectivity index (χ1v) is 8.55. The van der Waals surface area contributed by atoms with Gasteiger partial charge in [0.05, 0.1) is 0 Å². The molecule has 2 nitrogen and oxygen atoms in total. The van der Waals surface area contributed by atoms with Gasteiger partial charge in [-0.1, -0.05) is 50.1 Å². The zero-order chi connectivity index (χ0) is 15.4. The quantitative estimate of drug-likeness (QED) is 0.775. The summed E-state index contributed by atoms with van der Waals surface area (Å²) in [5.41, 5.74) is 4.19. The molecule has 1 fully saturated rings. The van der Waals surface area contributed by atoms with E-state index in [1.807, 2.05) is 0 Å². The van der Waals surface area contributed by atoms with Crippen molar-refractivity contribution >= 4 is 0 Å². The standard InChI is InChI=1S/C19H32N2/c1-6-20-19(17-10-15(4)9-16(5)11-17)13-21(12-14(2)3)18-7-8-18/h9-11,14,18-20H,6-8,12-13H2,1-5H3.